The number of hydrogen-bond acceptors (Lipinski definition) is 4. The van der Waals surface area contributed by atoms with Gasteiger partial charge in [0.1, 0.15) is 12.4 Å². The van der Waals surface area contributed by atoms with Gasteiger partial charge in [-0.15, -0.1) is 0 Å². The number of carboxylic acid groups (broad SMARTS) is 1. The first-order chi connectivity index (χ1) is 11.1. The van der Waals surface area contributed by atoms with E-state index >= 15 is 0 Å². The lowest BCUT2D eigenvalue weighted by Crippen LogP contribution is -2.46. The molecule has 0 aromatic heterocycles. The number of piperidine rings is 1. The number of nitrogens with one attached hydrogen (secondary N) is 1. The van der Waals surface area contributed by atoms with Crippen molar-refractivity contribution in [2.45, 2.75) is 12.8 Å². The van der Waals surface area contributed by atoms with Crippen LogP contribution in [0.1, 0.15) is 18.4 Å². The average Bonchev–Trinajstić information content (AvgIpc) is 2.59. The van der Waals surface area contributed by atoms with Crippen molar-refractivity contribution in [2.24, 2.45) is 5.92 Å². The van der Waals surface area contributed by atoms with E-state index in [9.17, 15) is 9.59 Å². The number of aliphatic carboxylic acids is 1. The highest BCUT2D eigenvalue weighted by atomic mass is 16.5. The van der Waals surface area contributed by atoms with Crippen LogP contribution in [0.3, 0.4) is 0 Å². The van der Waals surface area contributed by atoms with E-state index in [1.807, 2.05) is 6.07 Å². The number of hydrogen-bond donors (Lipinski definition) is 2. The maximum absolute atomic E-state index is 11.9. The van der Waals surface area contributed by atoms with Crippen molar-refractivity contribution in [1.29, 1.82) is 5.26 Å². The first-order valence-corrected chi connectivity index (χ1v) is 7.48. The second-order valence-electron chi connectivity index (χ2n) is 5.32. The third kappa shape index (κ3) is 4.88. The zero-order valence-electron chi connectivity index (χ0n) is 12.7. The highest BCUT2D eigenvalue weighted by Crippen LogP contribution is 2.17. The first kappa shape index (κ1) is 16.6. The minimum atomic E-state index is -0.791. The fraction of sp³-hybridized carbons (Fsp3) is 0.438. The van der Waals surface area contributed by atoms with Crippen molar-refractivity contribution in [1.82, 2.24) is 10.2 Å². The summed E-state index contributed by atoms with van der Waals surface area (Å²) in [6.07, 6.45) is 0.981. The quantitative estimate of drug-likeness (QED) is 0.800. The van der Waals surface area contributed by atoms with E-state index in [2.05, 4.69) is 5.32 Å². The van der Waals surface area contributed by atoms with Crippen molar-refractivity contribution in [3.8, 4) is 11.8 Å². The minimum absolute atomic E-state index is 0.197. The Morgan fingerprint density at radius 1 is 1.30 bits per heavy atom. The molecule has 122 valence electrons. The third-order valence-corrected chi connectivity index (χ3v) is 3.76. The molecule has 2 rings (SSSR count). The second kappa shape index (κ2) is 8.03. The molecule has 0 aliphatic carbocycles. The van der Waals surface area contributed by atoms with Crippen LogP contribution in [0.15, 0.2) is 24.3 Å². The van der Waals surface area contributed by atoms with Crippen LogP contribution < -0.4 is 10.1 Å². The highest BCUT2D eigenvalue weighted by molar-refractivity contribution is 5.75. The van der Waals surface area contributed by atoms with Gasteiger partial charge in [-0.05, 0) is 37.1 Å². The number of ether oxygens (including phenoxy) is 1. The van der Waals surface area contributed by atoms with Crippen molar-refractivity contribution >= 4 is 12.0 Å². The number of nitrogens with zero attached hydrogens (tertiary/aromatic N) is 2. The normalized spacial score (nSPS) is 14.8. The third-order valence-electron chi connectivity index (χ3n) is 3.76. The van der Waals surface area contributed by atoms with Crippen molar-refractivity contribution in [2.75, 3.05) is 26.2 Å². The lowest BCUT2D eigenvalue weighted by atomic mass is 9.97. The molecule has 1 aromatic carbocycles. The van der Waals surface area contributed by atoms with Gasteiger partial charge in [-0.25, -0.2) is 4.79 Å². The Kier molecular flexibility index (Phi) is 5.80. The maximum atomic E-state index is 11.9. The van der Waals surface area contributed by atoms with E-state index in [1.165, 1.54) is 0 Å². The van der Waals surface area contributed by atoms with E-state index < -0.39 is 5.97 Å². The fourth-order valence-corrected chi connectivity index (χ4v) is 2.39. The molecule has 1 aliphatic rings. The lowest BCUT2D eigenvalue weighted by Gasteiger charge is -2.30. The van der Waals surface area contributed by atoms with Crippen LogP contribution in [0.25, 0.3) is 0 Å². The van der Waals surface area contributed by atoms with Crippen LogP contribution in [-0.2, 0) is 4.79 Å². The molecule has 1 aromatic rings. The molecule has 0 spiro atoms. The topological polar surface area (TPSA) is 103 Å². The Labute approximate surface area is 134 Å². The molecule has 0 atom stereocenters. The predicted molar refractivity (Wildman–Crippen MR) is 82.0 cm³/mol. The average molecular weight is 317 g/mol. The molecule has 1 heterocycles. The highest BCUT2D eigenvalue weighted by Gasteiger charge is 2.26. The predicted octanol–water partition coefficient (Wildman–Crippen LogP) is 1.44. The van der Waals surface area contributed by atoms with Crippen LogP contribution >= 0.6 is 0 Å². The monoisotopic (exact) mass is 317 g/mol. The maximum Gasteiger partial charge on any atom is 0.317 e. The Morgan fingerprint density at radius 3 is 2.52 bits per heavy atom. The van der Waals surface area contributed by atoms with Crippen molar-refractivity contribution < 1.29 is 19.4 Å². The van der Waals surface area contributed by atoms with Crippen LogP contribution in [-0.4, -0.2) is 48.2 Å². The Morgan fingerprint density at radius 2 is 1.96 bits per heavy atom. The molecule has 1 saturated heterocycles. The van der Waals surface area contributed by atoms with Crippen LogP contribution in [0.4, 0.5) is 4.79 Å². The molecule has 23 heavy (non-hydrogen) atoms. The number of carbonyl (C=O) groups is 2. The van der Waals surface area contributed by atoms with Crippen LogP contribution in [0.5, 0.6) is 5.75 Å². The minimum Gasteiger partial charge on any atom is -0.492 e. The molecule has 0 bridgehead atoms. The van der Waals surface area contributed by atoms with Gasteiger partial charge in [0.15, 0.2) is 0 Å². The van der Waals surface area contributed by atoms with Gasteiger partial charge in [0.2, 0.25) is 0 Å². The summed E-state index contributed by atoms with van der Waals surface area (Å²) < 4.78 is 5.47. The number of urea groups is 1. The summed E-state index contributed by atoms with van der Waals surface area (Å²) in [7, 11) is 0. The van der Waals surface area contributed by atoms with Gasteiger partial charge in [-0.1, -0.05) is 0 Å². The summed E-state index contributed by atoms with van der Waals surface area (Å²) in [5.74, 6) is -0.500. The Bertz CT molecular complexity index is 586. The molecule has 1 aliphatic heterocycles. The van der Waals surface area contributed by atoms with Gasteiger partial charge >= 0.3 is 12.0 Å². The molecule has 0 radical (unpaired) electrons. The van der Waals surface area contributed by atoms with Gasteiger partial charge in [0.25, 0.3) is 0 Å². The zero-order chi connectivity index (χ0) is 16.7. The molecule has 2 amide bonds. The van der Waals surface area contributed by atoms with Gasteiger partial charge in [-0.3, -0.25) is 4.79 Å². The summed E-state index contributed by atoms with van der Waals surface area (Å²) in [6.45, 7) is 1.60. The summed E-state index contributed by atoms with van der Waals surface area (Å²) in [4.78, 5) is 24.4. The Balaban J connectivity index is 1.65. The molecule has 0 saturated carbocycles. The zero-order valence-corrected chi connectivity index (χ0v) is 12.7. The number of carbonyl (C=O) groups excluding carboxylic acids is 1. The molecule has 7 heteroatoms. The summed E-state index contributed by atoms with van der Waals surface area (Å²) in [5.41, 5.74) is 0.565. The van der Waals surface area contributed by atoms with Gasteiger partial charge in [-0.2, -0.15) is 5.26 Å². The van der Waals surface area contributed by atoms with Crippen LogP contribution in [0, 0.1) is 17.2 Å². The smallest absolute Gasteiger partial charge is 0.317 e. The van der Waals surface area contributed by atoms with Crippen molar-refractivity contribution in [3.05, 3.63) is 29.8 Å². The molecule has 7 nitrogen and oxygen atoms in total. The number of amides is 2. The van der Waals surface area contributed by atoms with E-state index in [0.29, 0.717) is 50.4 Å². The van der Waals surface area contributed by atoms with E-state index in [0.717, 1.165) is 0 Å². The SMILES string of the molecule is N#Cc1ccc(OCCNC(=O)N2CCC(C(=O)O)CC2)cc1. The van der Waals surface area contributed by atoms with E-state index in [4.69, 9.17) is 15.1 Å². The second-order valence-corrected chi connectivity index (χ2v) is 5.32. The number of nitriles is 1. The molecular formula is C16H19N3O4. The van der Waals surface area contributed by atoms with E-state index in [1.54, 1.807) is 29.2 Å². The van der Waals surface area contributed by atoms with Gasteiger partial charge < -0.3 is 20.1 Å². The largest absolute Gasteiger partial charge is 0.492 e. The summed E-state index contributed by atoms with van der Waals surface area (Å²) in [6, 6.07) is 8.58. The van der Waals surface area contributed by atoms with Gasteiger partial charge in [0.05, 0.1) is 24.1 Å². The standard InChI is InChI=1S/C16H19N3O4/c17-11-12-1-3-14(4-2-12)23-10-7-18-16(22)19-8-5-13(6-9-19)15(20)21/h1-4,13H,5-10H2,(H,18,22)(H,20,21). The van der Waals surface area contributed by atoms with Crippen molar-refractivity contribution in [3.63, 3.8) is 0 Å². The first-order valence-electron chi connectivity index (χ1n) is 7.48. The van der Waals surface area contributed by atoms with Gasteiger partial charge in [0, 0.05) is 13.1 Å². The number of benzene rings is 1. The lowest BCUT2D eigenvalue weighted by molar-refractivity contribution is -0.143. The number of rotatable bonds is 5. The molecule has 2 N–H and O–H groups in total. The number of carboxylic acids is 1. The molecule has 1 fully saturated rings. The fourth-order valence-electron chi connectivity index (χ4n) is 2.39. The molecular weight excluding hydrogens is 298 g/mol. The van der Waals surface area contributed by atoms with E-state index in [-0.39, 0.29) is 11.9 Å². The number of likely N-dealkylation sites (tertiary alicyclic amines) is 1. The summed E-state index contributed by atoms with van der Waals surface area (Å²) >= 11 is 0. The molecule has 0 unspecified atom stereocenters. The summed E-state index contributed by atoms with van der Waals surface area (Å²) in [5, 5.41) is 20.4. The van der Waals surface area contributed by atoms with Crippen LogP contribution in [0.2, 0.25) is 0 Å². The Hall–Kier alpha value is -2.75.